The van der Waals surface area contributed by atoms with Crippen LogP contribution in [0.4, 0.5) is 8.78 Å². The summed E-state index contributed by atoms with van der Waals surface area (Å²) in [7, 11) is -3.94. The fourth-order valence-electron chi connectivity index (χ4n) is 3.59. The number of carbonyl (C=O) groups excluding carboxylic acids is 1. The van der Waals surface area contributed by atoms with Gasteiger partial charge < -0.3 is 5.32 Å². The van der Waals surface area contributed by atoms with Crippen molar-refractivity contribution in [3.05, 3.63) is 23.7 Å². The van der Waals surface area contributed by atoms with Crippen LogP contribution in [0.1, 0.15) is 37.2 Å². The van der Waals surface area contributed by atoms with Crippen LogP contribution in [-0.2, 0) is 14.8 Å². The van der Waals surface area contributed by atoms with Crippen LogP contribution >= 0.6 is 0 Å². The minimum Gasteiger partial charge on any atom is -0.333 e. The van der Waals surface area contributed by atoms with Crippen molar-refractivity contribution in [1.82, 2.24) is 19.4 Å². The van der Waals surface area contributed by atoms with E-state index in [1.54, 1.807) is 6.20 Å². The molecule has 25 heavy (non-hydrogen) atoms. The number of carbonyl (C=O) groups is 1. The van der Waals surface area contributed by atoms with Crippen LogP contribution in [0, 0.1) is 19.3 Å². The zero-order valence-electron chi connectivity index (χ0n) is 14.0. The third-order valence-corrected chi connectivity index (χ3v) is 7.20. The Balaban J connectivity index is 1.86. The van der Waals surface area contributed by atoms with Crippen LogP contribution in [0.3, 0.4) is 0 Å². The van der Waals surface area contributed by atoms with Gasteiger partial charge in [-0.05, 0) is 39.3 Å². The molecule has 1 spiro atoms. The summed E-state index contributed by atoms with van der Waals surface area (Å²) in [5, 5.41) is 6.33. The average Bonchev–Trinajstić information content (AvgIpc) is 2.86. The highest BCUT2D eigenvalue weighted by atomic mass is 32.2. The quantitative estimate of drug-likeness (QED) is 0.873. The molecular formula is C15H20F2N4O3S. The summed E-state index contributed by atoms with van der Waals surface area (Å²) >= 11 is 0. The van der Waals surface area contributed by atoms with Crippen LogP contribution in [-0.4, -0.2) is 41.5 Å². The second-order valence-corrected chi connectivity index (χ2v) is 8.36. The third kappa shape index (κ3) is 2.86. The molecule has 0 saturated carbocycles. The van der Waals surface area contributed by atoms with Gasteiger partial charge in [-0.25, -0.2) is 13.1 Å². The largest absolute Gasteiger partial charge is 0.333 e. The zero-order valence-corrected chi connectivity index (χ0v) is 14.8. The Kier molecular flexibility index (Phi) is 4.44. The second-order valence-electron chi connectivity index (χ2n) is 6.49. The molecule has 0 unspecified atom stereocenters. The number of alkyl halides is 2. The van der Waals surface area contributed by atoms with Crippen molar-refractivity contribution < 1.29 is 22.0 Å². The molecule has 3 heterocycles. The van der Waals surface area contributed by atoms with Crippen LogP contribution in [0.25, 0.3) is 0 Å². The van der Waals surface area contributed by atoms with E-state index < -0.39 is 22.0 Å². The first-order chi connectivity index (χ1) is 11.7. The van der Waals surface area contributed by atoms with Crippen LogP contribution < -0.4 is 5.32 Å². The molecule has 2 aliphatic heterocycles. The van der Waals surface area contributed by atoms with E-state index in [-0.39, 0.29) is 35.3 Å². The monoisotopic (exact) mass is 374 g/mol. The maximum Gasteiger partial charge on any atom is 0.333 e. The summed E-state index contributed by atoms with van der Waals surface area (Å²) in [4.78, 5) is 12.0. The molecule has 2 aliphatic rings. The molecule has 1 amide bonds. The summed E-state index contributed by atoms with van der Waals surface area (Å²) in [6.45, 7) is 0.169. The Morgan fingerprint density at radius 3 is 2.44 bits per heavy atom. The Bertz CT molecular complexity index is 824. The van der Waals surface area contributed by atoms with E-state index >= 15 is 0 Å². The maximum absolute atomic E-state index is 13.0. The molecule has 0 bridgehead atoms. The summed E-state index contributed by atoms with van der Waals surface area (Å²) in [6.07, 6.45) is 4.83. The van der Waals surface area contributed by atoms with Gasteiger partial charge in [0.15, 0.2) is 0 Å². The van der Waals surface area contributed by atoms with Crippen molar-refractivity contribution >= 4 is 15.9 Å². The topological polar surface area (TPSA) is 84.3 Å². The molecular weight excluding hydrogens is 354 g/mol. The lowest BCUT2D eigenvalue weighted by molar-refractivity contribution is -0.132. The predicted molar refractivity (Wildman–Crippen MR) is 85.3 cm³/mol. The SMILES string of the molecule is Cc1nn(C(F)F)c(C)c1S(=O)(=O)N1CCC2(CC=CNC2=O)CC1. The van der Waals surface area contributed by atoms with Crippen molar-refractivity contribution in [3.8, 4) is 0 Å². The average molecular weight is 374 g/mol. The molecule has 1 saturated heterocycles. The van der Waals surface area contributed by atoms with E-state index in [4.69, 9.17) is 0 Å². The highest BCUT2D eigenvalue weighted by Gasteiger charge is 2.44. The molecule has 1 aromatic heterocycles. The molecule has 10 heteroatoms. The lowest BCUT2D eigenvalue weighted by Crippen LogP contribution is -2.50. The Morgan fingerprint density at radius 2 is 1.92 bits per heavy atom. The van der Waals surface area contributed by atoms with Crippen molar-refractivity contribution in [2.75, 3.05) is 13.1 Å². The minimum absolute atomic E-state index is 0.0522. The highest BCUT2D eigenvalue weighted by molar-refractivity contribution is 7.89. The summed E-state index contributed by atoms with van der Waals surface area (Å²) in [5.41, 5.74) is -0.611. The van der Waals surface area contributed by atoms with E-state index in [9.17, 15) is 22.0 Å². The molecule has 1 N–H and O–H groups in total. The predicted octanol–water partition coefficient (Wildman–Crippen LogP) is 1.70. The number of nitrogens with one attached hydrogen (secondary N) is 1. The lowest BCUT2D eigenvalue weighted by Gasteiger charge is -2.40. The van der Waals surface area contributed by atoms with E-state index in [0.717, 1.165) is 0 Å². The molecule has 3 rings (SSSR count). The van der Waals surface area contributed by atoms with Gasteiger partial charge in [-0.3, -0.25) is 4.79 Å². The molecule has 1 aromatic rings. The normalized spacial score (nSPS) is 21.1. The van der Waals surface area contributed by atoms with Gasteiger partial charge in [-0.15, -0.1) is 0 Å². The third-order valence-electron chi connectivity index (χ3n) is 5.04. The summed E-state index contributed by atoms with van der Waals surface area (Å²) in [5.74, 6) is -0.0927. The zero-order chi connectivity index (χ0) is 18.4. The number of rotatable bonds is 3. The highest BCUT2D eigenvalue weighted by Crippen LogP contribution is 2.39. The van der Waals surface area contributed by atoms with Gasteiger partial charge in [0.2, 0.25) is 15.9 Å². The number of allylic oxidation sites excluding steroid dienone is 1. The van der Waals surface area contributed by atoms with Crippen LogP contribution in [0.2, 0.25) is 0 Å². The Labute approximate surface area is 144 Å². The van der Waals surface area contributed by atoms with Gasteiger partial charge >= 0.3 is 6.55 Å². The van der Waals surface area contributed by atoms with Gasteiger partial charge in [-0.2, -0.15) is 18.2 Å². The van der Waals surface area contributed by atoms with E-state index in [0.29, 0.717) is 23.9 Å². The molecule has 0 aliphatic carbocycles. The first-order valence-corrected chi connectivity index (χ1v) is 9.43. The maximum atomic E-state index is 13.0. The summed E-state index contributed by atoms with van der Waals surface area (Å²) in [6, 6.07) is 0. The first-order valence-electron chi connectivity index (χ1n) is 7.99. The standard InChI is InChI=1S/C15H20F2N4O3S/c1-10-12(11(2)21(19-10)14(16)17)25(23,24)20-8-5-15(6-9-20)4-3-7-18-13(15)22/h3,7,14H,4-6,8-9H2,1-2H3,(H,18,22). The number of halogens is 2. The van der Waals surface area contributed by atoms with Gasteiger partial charge in [0.25, 0.3) is 0 Å². The second kappa shape index (κ2) is 6.17. The molecule has 0 atom stereocenters. The fourth-order valence-corrected chi connectivity index (χ4v) is 5.39. The van der Waals surface area contributed by atoms with Gasteiger partial charge in [0.05, 0.1) is 16.8 Å². The number of hydrogen-bond donors (Lipinski definition) is 1. The smallest absolute Gasteiger partial charge is 0.333 e. The van der Waals surface area contributed by atoms with Crippen molar-refractivity contribution in [2.45, 2.75) is 44.6 Å². The van der Waals surface area contributed by atoms with Crippen molar-refractivity contribution in [2.24, 2.45) is 5.41 Å². The van der Waals surface area contributed by atoms with Crippen LogP contribution in [0.5, 0.6) is 0 Å². The van der Waals surface area contributed by atoms with E-state index in [2.05, 4.69) is 10.4 Å². The lowest BCUT2D eigenvalue weighted by atomic mass is 9.74. The minimum atomic E-state index is -3.94. The van der Waals surface area contributed by atoms with Gasteiger partial charge in [0, 0.05) is 13.1 Å². The van der Waals surface area contributed by atoms with Crippen LogP contribution in [0.15, 0.2) is 17.2 Å². The number of amides is 1. The molecule has 7 nitrogen and oxygen atoms in total. The first kappa shape index (κ1) is 18.0. The number of nitrogens with zero attached hydrogens (tertiary/aromatic N) is 3. The fraction of sp³-hybridized carbons (Fsp3) is 0.600. The molecule has 1 fully saturated rings. The number of sulfonamides is 1. The van der Waals surface area contributed by atoms with E-state index in [1.807, 2.05) is 6.08 Å². The van der Waals surface area contributed by atoms with Gasteiger partial charge in [-0.1, -0.05) is 6.08 Å². The number of aryl methyl sites for hydroxylation is 1. The van der Waals surface area contributed by atoms with Crippen molar-refractivity contribution in [3.63, 3.8) is 0 Å². The summed E-state index contributed by atoms with van der Waals surface area (Å²) < 4.78 is 53.5. The number of hydrogen-bond acceptors (Lipinski definition) is 4. The number of piperidine rings is 1. The Morgan fingerprint density at radius 1 is 1.28 bits per heavy atom. The molecule has 138 valence electrons. The molecule has 0 aromatic carbocycles. The van der Waals surface area contributed by atoms with Crippen molar-refractivity contribution in [1.29, 1.82) is 0 Å². The van der Waals surface area contributed by atoms with E-state index in [1.165, 1.54) is 18.2 Å². The Hall–Kier alpha value is -1.81. The molecule has 0 radical (unpaired) electrons. The van der Waals surface area contributed by atoms with Gasteiger partial charge in [0.1, 0.15) is 4.90 Å². The number of aromatic nitrogens is 2.